The minimum Gasteiger partial charge on any atom is -0.370 e. The van der Waals surface area contributed by atoms with Gasteiger partial charge < -0.3 is 10.2 Å². The molecule has 132 valence electrons. The van der Waals surface area contributed by atoms with Crippen LogP contribution in [0.4, 0.5) is 11.4 Å². The molecule has 6 nitrogen and oxygen atoms in total. The molecule has 1 aromatic carbocycles. The normalized spacial score (nSPS) is 11.8. The van der Waals surface area contributed by atoms with Gasteiger partial charge in [0.1, 0.15) is 0 Å². The van der Waals surface area contributed by atoms with Crippen LogP contribution >= 0.6 is 34.8 Å². The van der Waals surface area contributed by atoms with E-state index in [0.717, 1.165) is 24.3 Å². The van der Waals surface area contributed by atoms with Crippen LogP contribution in [0.5, 0.6) is 0 Å². The van der Waals surface area contributed by atoms with Crippen LogP contribution in [0.2, 0.25) is 0 Å². The molecular formula is C15H19Cl3N4O2. The van der Waals surface area contributed by atoms with E-state index in [1.54, 1.807) is 24.7 Å². The number of nitrogens with one attached hydrogen (secondary N) is 1. The van der Waals surface area contributed by atoms with E-state index < -0.39 is 9.70 Å². The summed E-state index contributed by atoms with van der Waals surface area (Å²) in [5, 5.41) is 2.65. The predicted molar refractivity (Wildman–Crippen MR) is 101 cm³/mol. The molecule has 0 atom stereocenters. The number of hydrogen-bond acceptors (Lipinski definition) is 3. The number of hydrogen-bond donors (Lipinski definition) is 1. The lowest BCUT2D eigenvalue weighted by Gasteiger charge is -2.25. The summed E-state index contributed by atoms with van der Waals surface area (Å²) in [6.45, 7) is 5.44. The van der Waals surface area contributed by atoms with E-state index in [2.05, 4.69) is 5.32 Å². The molecule has 1 aromatic heterocycles. The van der Waals surface area contributed by atoms with Crippen molar-refractivity contribution in [3.8, 4) is 0 Å². The Kier molecular flexibility index (Phi) is 5.42. The summed E-state index contributed by atoms with van der Waals surface area (Å²) < 4.78 is 0.993. The van der Waals surface area contributed by atoms with E-state index in [-0.39, 0.29) is 5.69 Å². The van der Waals surface area contributed by atoms with E-state index in [1.165, 1.54) is 4.57 Å². The van der Waals surface area contributed by atoms with Crippen molar-refractivity contribution in [1.29, 1.82) is 0 Å². The zero-order valence-corrected chi connectivity index (χ0v) is 16.1. The first kappa shape index (κ1) is 19.0. The van der Waals surface area contributed by atoms with Crippen molar-refractivity contribution < 1.29 is 4.79 Å². The standard InChI is InChI=1S/C15H19Cl3N4O2/c1-5-22(6-2)10-8-12-11(20(3)14(24)21(12)4)7-9(10)19-13(23)15(16,17)18/h7-8H,5-6H2,1-4H3,(H,19,23). The van der Waals surface area contributed by atoms with Gasteiger partial charge in [-0.2, -0.15) is 0 Å². The smallest absolute Gasteiger partial charge is 0.328 e. The first-order valence-electron chi connectivity index (χ1n) is 7.44. The maximum absolute atomic E-state index is 12.2. The number of halogens is 3. The second-order valence-corrected chi connectivity index (χ2v) is 7.66. The Hall–Kier alpha value is -1.37. The van der Waals surface area contributed by atoms with E-state index in [9.17, 15) is 9.59 Å². The third-order valence-corrected chi connectivity index (χ3v) is 4.51. The summed E-state index contributed by atoms with van der Waals surface area (Å²) in [4.78, 5) is 26.3. The van der Waals surface area contributed by atoms with Gasteiger partial charge in [0.15, 0.2) is 0 Å². The quantitative estimate of drug-likeness (QED) is 0.812. The fraction of sp³-hybridized carbons (Fsp3) is 0.467. The molecule has 1 amide bonds. The Morgan fingerprint density at radius 3 is 2.08 bits per heavy atom. The number of anilines is 2. The molecule has 0 aliphatic carbocycles. The van der Waals surface area contributed by atoms with Crippen LogP contribution in [-0.2, 0) is 18.9 Å². The average Bonchev–Trinajstić information content (AvgIpc) is 2.72. The summed E-state index contributed by atoms with van der Waals surface area (Å²) in [6, 6.07) is 3.58. The van der Waals surface area contributed by atoms with Gasteiger partial charge in [0, 0.05) is 27.2 Å². The number of amides is 1. The number of benzene rings is 1. The molecule has 0 unspecified atom stereocenters. The predicted octanol–water partition coefficient (Wildman–Crippen LogP) is 3.03. The van der Waals surface area contributed by atoms with Gasteiger partial charge in [-0.3, -0.25) is 13.9 Å². The molecule has 0 saturated heterocycles. The highest BCUT2D eigenvalue weighted by Gasteiger charge is 2.31. The van der Waals surface area contributed by atoms with Crippen molar-refractivity contribution in [2.24, 2.45) is 14.1 Å². The molecular weight excluding hydrogens is 375 g/mol. The second-order valence-electron chi connectivity index (χ2n) is 5.38. The molecule has 24 heavy (non-hydrogen) atoms. The maximum Gasteiger partial charge on any atom is 0.328 e. The lowest BCUT2D eigenvalue weighted by atomic mass is 10.2. The van der Waals surface area contributed by atoms with Gasteiger partial charge in [0.25, 0.3) is 9.70 Å². The van der Waals surface area contributed by atoms with E-state index in [1.807, 2.05) is 24.8 Å². The third-order valence-electron chi connectivity index (χ3n) is 4.00. The van der Waals surface area contributed by atoms with E-state index in [0.29, 0.717) is 11.2 Å². The molecule has 1 N–H and O–H groups in total. The van der Waals surface area contributed by atoms with Crippen molar-refractivity contribution >= 4 is 63.1 Å². The average molecular weight is 394 g/mol. The van der Waals surface area contributed by atoms with Gasteiger partial charge in [0.2, 0.25) is 0 Å². The Labute approximate surface area is 154 Å². The fourth-order valence-electron chi connectivity index (χ4n) is 2.65. The van der Waals surface area contributed by atoms with Crippen molar-refractivity contribution in [2.45, 2.75) is 17.6 Å². The zero-order chi connectivity index (χ0) is 18.2. The molecule has 0 spiro atoms. The van der Waals surface area contributed by atoms with Gasteiger partial charge in [-0.15, -0.1) is 0 Å². The SMILES string of the molecule is CCN(CC)c1cc2c(cc1NC(=O)C(Cl)(Cl)Cl)n(C)c(=O)n2C. The van der Waals surface area contributed by atoms with Gasteiger partial charge in [-0.1, -0.05) is 34.8 Å². The second kappa shape index (κ2) is 6.86. The van der Waals surface area contributed by atoms with Crippen molar-refractivity contribution in [3.05, 3.63) is 22.6 Å². The molecule has 0 fully saturated rings. The minimum absolute atomic E-state index is 0.152. The summed E-state index contributed by atoms with van der Waals surface area (Å²) in [6.07, 6.45) is 0. The maximum atomic E-state index is 12.2. The Bertz CT molecular complexity index is 832. The monoisotopic (exact) mass is 392 g/mol. The van der Waals surface area contributed by atoms with E-state index in [4.69, 9.17) is 34.8 Å². The molecule has 2 rings (SSSR count). The Morgan fingerprint density at radius 1 is 1.12 bits per heavy atom. The molecule has 1 heterocycles. The number of rotatable bonds is 4. The number of carbonyl (C=O) groups excluding carboxylic acids is 1. The summed E-state index contributed by atoms with van der Waals surface area (Å²) in [7, 11) is 3.37. The van der Waals surface area contributed by atoms with Crippen LogP contribution in [-0.4, -0.2) is 31.9 Å². The van der Waals surface area contributed by atoms with Gasteiger partial charge >= 0.3 is 5.69 Å². The largest absolute Gasteiger partial charge is 0.370 e. The van der Waals surface area contributed by atoms with Crippen molar-refractivity contribution in [2.75, 3.05) is 23.3 Å². The topological polar surface area (TPSA) is 59.3 Å². The van der Waals surface area contributed by atoms with Gasteiger partial charge in [0.05, 0.1) is 22.4 Å². The fourth-order valence-corrected chi connectivity index (χ4v) is 2.80. The minimum atomic E-state index is -2.07. The van der Waals surface area contributed by atoms with Crippen LogP contribution in [0.15, 0.2) is 16.9 Å². The highest BCUT2D eigenvalue weighted by molar-refractivity contribution is 6.76. The van der Waals surface area contributed by atoms with E-state index >= 15 is 0 Å². The number of aryl methyl sites for hydroxylation is 2. The van der Waals surface area contributed by atoms with Crippen LogP contribution in [0, 0.1) is 0 Å². The van der Waals surface area contributed by atoms with Gasteiger partial charge in [-0.05, 0) is 26.0 Å². The highest BCUT2D eigenvalue weighted by Crippen LogP contribution is 2.34. The highest BCUT2D eigenvalue weighted by atomic mass is 35.6. The molecule has 0 bridgehead atoms. The molecule has 9 heteroatoms. The van der Waals surface area contributed by atoms with Gasteiger partial charge in [-0.25, -0.2) is 4.79 Å². The summed E-state index contributed by atoms with van der Waals surface area (Å²) in [5.41, 5.74) is 2.54. The van der Waals surface area contributed by atoms with Crippen LogP contribution < -0.4 is 15.9 Å². The van der Waals surface area contributed by atoms with Crippen molar-refractivity contribution in [1.82, 2.24) is 9.13 Å². The third kappa shape index (κ3) is 3.36. The molecule has 0 saturated carbocycles. The number of alkyl halides is 3. The lowest BCUT2D eigenvalue weighted by Crippen LogP contribution is -2.29. The number of aromatic nitrogens is 2. The number of carbonyl (C=O) groups is 1. The van der Waals surface area contributed by atoms with Crippen LogP contribution in [0.3, 0.4) is 0 Å². The van der Waals surface area contributed by atoms with Crippen LogP contribution in [0.1, 0.15) is 13.8 Å². The number of fused-ring (bicyclic) bond motifs is 1. The molecule has 0 aliphatic rings. The number of imidazole rings is 1. The zero-order valence-electron chi connectivity index (χ0n) is 13.9. The molecule has 0 aliphatic heterocycles. The lowest BCUT2D eigenvalue weighted by molar-refractivity contribution is -0.115. The first-order valence-corrected chi connectivity index (χ1v) is 8.57. The molecule has 0 radical (unpaired) electrons. The molecule has 2 aromatic rings. The van der Waals surface area contributed by atoms with Crippen molar-refractivity contribution in [3.63, 3.8) is 0 Å². The number of nitrogens with zero attached hydrogens (tertiary/aromatic N) is 3. The Morgan fingerprint density at radius 2 is 1.62 bits per heavy atom. The summed E-state index contributed by atoms with van der Waals surface area (Å²) >= 11 is 17.0. The first-order chi connectivity index (χ1) is 11.1. The summed E-state index contributed by atoms with van der Waals surface area (Å²) in [5.74, 6) is -0.749. The Balaban J connectivity index is 2.70. The van der Waals surface area contributed by atoms with Crippen LogP contribution in [0.25, 0.3) is 11.0 Å².